The third kappa shape index (κ3) is 9.25. The Kier molecular flexibility index (Phi) is 8.06. The Morgan fingerprint density at radius 3 is 1.78 bits per heavy atom. The van der Waals surface area contributed by atoms with Crippen molar-refractivity contribution in [3.63, 3.8) is 0 Å². The molecule has 0 aliphatic rings. The summed E-state index contributed by atoms with van der Waals surface area (Å²) in [4.78, 5) is 4.62. The van der Waals surface area contributed by atoms with Gasteiger partial charge in [-0.2, -0.15) is 0 Å². The van der Waals surface area contributed by atoms with Gasteiger partial charge in [-0.3, -0.25) is 13.7 Å². The van der Waals surface area contributed by atoms with Gasteiger partial charge in [0.1, 0.15) is 17.3 Å². The summed E-state index contributed by atoms with van der Waals surface area (Å²) in [5.41, 5.74) is 4.81. The summed E-state index contributed by atoms with van der Waals surface area (Å²) in [5.74, 6) is 1.19. The molecule has 0 aliphatic heterocycles. The van der Waals surface area contributed by atoms with E-state index in [4.69, 9.17) is 13.0 Å². The first-order chi connectivity index (χ1) is 48.4. The number of imidazole rings is 1. The van der Waals surface area contributed by atoms with E-state index in [1.54, 1.807) is 51.6 Å². The smallest absolute Gasteiger partial charge is 0.269 e. The highest BCUT2D eigenvalue weighted by molar-refractivity contribution is 7.19. The molecule has 0 bridgehead atoms. The Morgan fingerprint density at radius 2 is 1.11 bits per heavy atom. The van der Waals surface area contributed by atoms with E-state index >= 15 is 0 Å². The highest BCUT2D eigenvalue weighted by atomic mass is 28.3. The van der Waals surface area contributed by atoms with Crippen LogP contribution in [0.3, 0.4) is 0 Å². The van der Waals surface area contributed by atoms with E-state index in [1.807, 2.05) is 89.5 Å². The highest BCUT2D eigenvalue weighted by Gasteiger charge is 2.41. The quantitative estimate of drug-likeness (QED) is 0.0560. The molecular formula is C75H64N4OSi. The molecule has 0 radical (unpaired) electrons. The molecule has 81 heavy (non-hydrogen) atoms. The molecule has 0 saturated carbocycles. The zero-order chi connectivity index (χ0) is 74.5. The average Bonchev–Trinajstić information content (AvgIpc) is 1.18. The highest BCUT2D eigenvalue weighted by Crippen LogP contribution is 2.40. The van der Waals surface area contributed by atoms with Crippen LogP contribution in [0, 0.1) is 13.2 Å². The lowest BCUT2D eigenvalue weighted by atomic mass is 9.78. The number of hydrogen-bond acceptors (Lipinski definition) is 2. The second-order valence-electron chi connectivity index (χ2n) is 21.8. The zero-order valence-electron chi connectivity index (χ0n) is 67.1. The summed E-state index contributed by atoms with van der Waals surface area (Å²) < 4.78 is 218. The lowest BCUT2D eigenvalue weighted by molar-refractivity contribution is -0.571. The first-order valence-electron chi connectivity index (χ1n) is 37.3. The van der Waals surface area contributed by atoms with Gasteiger partial charge in [0.25, 0.3) is 6.33 Å². The number of nitrogens with zero attached hydrogens (tertiary/aromatic N) is 4. The Hall–Kier alpha value is -9.36. The van der Waals surface area contributed by atoms with Crippen molar-refractivity contribution in [1.82, 2.24) is 14.1 Å². The van der Waals surface area contributed by atoms with Gasteiger partial charge in [-0.05, 0) is 126 Å². The minimum Gasteiger partial charge on any atom is -0.458 e. The van der Waals surface area contributed by atoms with Crippen LogP contribution in [0.5, 0.6) is 11.5 Å². The zero-order valence-corrected chi connectivity index (χ0v) is 46.1. The SMILES string of the molecule is [2H]c1c([2H])c([2H])c([Si](c2c([2H])c([2H])c([2H])c([2H])c2[2H])(c2c([2H])c([2H])c([2H])c([2H])c2[2H])c2c([2H])c([2H])c([2H])c(-c3cccc(-c4cc(C(C)(C)C)cc(C(C)(C)C)c4)c3-[n+]3[c-]n(-c4cccc(Oc5ccc6c7ccccc7n(-c7cc(C([2H])([2H])[2H])ccn7)c6c5)c4)c4ccccc43)c2[2H])c([2H])c1[2H]. The average molecular weight is 1090 g/mol. The first kappa shape index (κ1) is 32.0. The topological polar surface area (TPSA) is 35.9 Å². The lowest BCUT2D eigenvalue weighted by Gasteiger charge is -2.34. The molecule has 6 heteroatoms. The Balaban J connectivity index is 1.13. The van der Waals surface area contributed by atoms with Crippen LogP contribution in [-0.2, 0) is 10.8 Å². The second-order valence-corrected chi connectivity index (χ2v) is 25.3. The van der Waals surface area contributed by atoms with E-state index in [-0.39, 0.29) is 16.8 Å². The lowest BCUT2D eigenvalue weighted by Crippen LogP contribution is -2.74. The fourth-order valence-electron chi connectivity index (χ4n) is 10.6. The number of rotatable bonds is 11. The number of pyridine rings is 1. The van der Waals surface area contributed by atoms with Gasteiger partial charge in [-0.25, -0.2) is 4.98 Å². The van der Waals surface area contributed by atoms with E-state index < -0.39 is 167 Å². The van der Waals surface area contributed by atoms with Gasteiger partial charge in [0.2, 0.25) is 0 Å². The summed E-state index contributed by atoms with van der Waals surface area (Å²) in [7, 11) is -6.26. The van der Waals surface area contributed by atoms with Gasteiger partial charge in [0.05, 0.1) is 59.5 Å². The van der Waals surface area contributed by atoms with Crippen LogP contribution in [0.15, 0.2) is 261 Å². The third-order valence-corrected chi connectivity index (χ3v) is 18.6. The van der Waals surface area contributed by atoms with Gasteiger partial charge in [-0.15, -0.1) is 0 Å². The molecule has 0 N–H and O–H groups in total. The van der Waals surface area contributed by atoms with Gasteiger partial charge < -0.3 is 4.74 Å². The maximum Gasteiger partial charge on any atom is 0.269 e. The van der Waals surface area contributed by atoms with Gasteiger partial charge >= 0.3 is 0 Å². The van der Waals surface area contributed by atoms with E-state index in [0.717, 1.165) is 27.4 Å². The van der Waals surface area contributed by atoms with E-state index in [2.05, 4.69) is 58.9 Å². The molecule has 0 spiro atoms. The monoisotopic (exact) mass is 1090 g/mol. The normalized spacial score (nSPS) is 16.1. The van der Waals surface area contributed by atoms with Crippen molar-refractivity contribution in [2.24, 2.45) is 0 Å². The summed E-state index contributed by atoms with van der Waals surface area (Å²) in [5, 5.41) is -2.02. The molecule has 394 valence electrons. The van der Waals surface area contributed by atoms with E-state index in [0.29, 0.717) is 50.7 Å². The summed E-state index contributed by atoms with van der Waals surface area (Å²) in [6, 6.07) is 22.1. The largest absolute Gasteiger partial charge is 0.458 e. The van der Waals surface area contributed by atoms with Crippen molar-refractivity contribution in [2.75, 3.05) is 0 Å². The molecule has 0 aliphatic carbocycles. The fraction of sp³-hybridized carbons (Fsp3) is 0.120. The molecule has 3 heterocycles. The van der Waals surface area contributed by atoms with E-state index in [1.165, 1.54) is 12.3 Å². The predicted octanol–water partition coefficient (Wildman–Crippen LogP) is 15.6. The molecule has 0 atom stereocenters. The van der Waals surface area contributed by atoms with Crippen molar-refractivity contribution >= 4 is 61.7 Å². The van der Waals surface area contributed by atoms with Crippen molar-refractivity contribution < 1.29 is 39.5 Å². The summed E-state index contributed by atoms with van der Waals surface area (Å²) in [6.07, 6.45) is 5.06. The van der Waals surface area contributed by atoms with Crippen LogP contribution >= 0.6 is 0 Å². The number of aryl methyl sites for hydroxylation is 1. The molecule has 0 unspecified atom stereocenters. The van der Waals surface area contributed by atoms with Crippen molar-refractivity contribution in [3.05, 3.63) is 284 Å². The number of aromatic nitrogens is 4. The summed E-state index contributed by atoms with van der Waals surface area (Å²) in [6.45, 7) is 10.0. The summed E-state index contributed by atoms with van der Waals surface area (Å²) >= 11 is 0. The number of fused-ring (bicyclic) bond motifs is 4. The maximum atomic E-state index is 11.0. The van der Waals surface area contributed by atoms with Crippen LogP contribution in [0.1, 0.15) is 88.4 Å². The molecule has 0 saturated heterocycles. The molecule has 5 nitrogen and oxygen atoms in total. The van der Waals surface area contributed by atoms with Crippen molar-refractivity contribution in [1.29, 1.82) is 0 Å². The van der Waals surface area contributed by atoms with Gasteiger partial charge in [-0.1, -0.05) is 241 Å². The minimum absolute atomic E-state index is 0.0267. The van der Waals surface area contributed by atoms with Crippen LogP contribution in [-0.4, -0.2) is 22.2 Å². The third-order valence-electron chi connectivity index (χ3n) is 14.6. The van der Waals surface area contributed by atoms with Crippen LogP contribution < -0.4 is 30.1 Å². The van der Waals surface area contributed by atoms with Gasteiger partial charge in [0, 0.05) is 27.1 Å². The molecule has 3 aromatic heterocycles. The minimum atomic E-state index is -6.26. The number of ether oxygens (including phenoxy) is 1. The Bertz CT molecular complexity index is 5490. The molecular weight excluding hydrogens is 1000 g/mol. The van der Waals surface area contributed by atoms with Crippen LogP contribution in [0.25, 0.3) is 72.3 Å². The Labute approximate surface area is 507 Å². The number of benzene rings is 10. The maximum absolute atomic E-state index is 11.0. The number of hydrogen-bond donors (Lipinski definition) is 0. The van der Waals surface area contributed by atoms with Crippen molar-refractivity contribution in [3.8, 4) is 50.9 Å². The molecule has 13 rings (SSSR count). The van der Waals surface area contributed by atoms with Crippen molar-refractivity contribution in [2.45, 2.75) is 59.2 Å². The van der Waals surface area contributed by atoms with Crippen LogP contribution in [0.4, 0.5) is 0 Å². The molecule has 10 aromatic carbocycles. The first-order valence-corrected chi connectivity index (χ1v) is 28.3. The fourth-order valence-corrected chi connectivity index (χ4v) is 14.2. The Morgan fingerprint density at radius 1 is 0.519 bits per heavy atom. The van der Waals surface area contributed by atoms with E-state index in [9.17, 15) is 21.9 Å². The second kappa shape index (κ2) is 20.4. The molecule has 0 amide bonds. The van der Waals surface area contributed by atoms with Gasteiger partial charge in [0.15, 0.2) is 8.07 Å². The standard InChI is InChI=1S/C75H64N4OSi/c1-52-42-43-76-72(44-52)79-68-37-18-17-34-66(68)67-41-40-59(50-71(67)79)80-58-26-22-25-57(49-58)77-51-78(70-39-20-19-38-69(70)77)73-64(35-23-36-65(73)54-45-55(74(2,3)4)48-56(46-54)75(5,6)7)53-24-21-33-63(47-53)81(60-27-11-8-12-28-60,61-29-13-9-14-30-61)62-31-15-10-16-32-62/h8-50H,1-7H3/i1D3,8D,9D,10D,11D,12D,13D,14D,15D,16D,21D,24D,27D,28D,29D,30D,31D,32D,33D,47D. The number of para-hydroxylation sites is 4. The molecule has 0 fully saturated rings. The molecule has 13 aromatic rings. The van der Waals surface area contributed by atoms with Crippen LogP contribution in [0.2, 0.25) is 0 Å². The predicted molar refractivity (Wildman–Crippen MR) is 339 cm³/mol.